The maximum absolute atomic E-state index is 13.2. The molecular formula is C26H36N5NaO10S. The number of unbranched alkanes of at least 4 members (excludes halogenated alkanes) is 4. The number of imide groups is 1. The van der Waals surface area contributed by atoms with Crippen molar-refractivity contribution in [1.82, 2.24) is 24.7 Å². The quantitative estimate of drug-likeness (QED) is 0.0500. The fourth-order valence-electron chi connectivity index (χ4n) is 4.42. The molecule has 232 valence electrons. The summed E-state index contributed by atoms with van der Waals surface area (Å²) >= 11 is 0. The van der Waals surface area contributed by atoms with Crippen molar-refractivity contribution in [3.63, 3.8) is 0 Å². The average Bonchev–Trinajstić information content (AvgIpc) is 2.94. The minimum absolute atomic E-state index is 0. The predicted octanol–water partition coefficient (Wildman–Crippen LogP) is -0.125. The van der Waals surface area contributed by atoms with E-state index in [0.717, 1.165) is 25.7 Å². The molecule has 0 saturated carbocycles. The Labute approximate surface area is 271 Å². The maximum atomic E-state index is 13.2. The first-order valence-electron chi connectivity index (χ1n) is 13.7. The van der Waals surface area contributed by atoms with Crippen LogP contribution < -0.4 is 15.4 Å². The number of β-lactam (4-membered cyclic amide) rings is 1. The van der Waals surface area contributed by atoms with Gasteiger partial charge in [-0.05, 0) is 31.0 Å². The van der Waals surface area contributed by atoms with Gasteiger partial charge in [0, 0.05) is 26.1 Å². The Morgan fingerprint density at radius 1 is 1.00 bits per heavy atom. The van der Waals surface area contributed by atoms with Crippen LogP contribution in [0, 0.1) is 0 Å². The Balaban J connectivity index is 0.00000645. The molecule has 0 spiro atoms. The summed E-state index contributed by atoms with van der Waals surface area (Å²) in [4.78, 5) is 77.2. The molecule has 2 atom stereocenters. The van der Waals surface area contributed by atoms with Gasteiger partial charge in [0.25, 0.3) is 5.91 Å². The van der Waals surface area contributed by atoms with Gasteiger partial charge in [0.15, 0.2) is 0 Å². The van der Waals surface area contributed by atoms with Gasteiger partial charge in [0.2, 0.25) is 5.91 Å². The van der Waals surface area contributed by atoms with Crippen molar-refractivity contribution in [1.29, 1.82) is 0 Å². The third-order valence-electron chi connectivity index (χ3n) is 6.88. The number of rotatable bonds is 13. The second kappa shape index (κ2) is 16.1. The Morgan fingerprint density at radius 3 is 2.23 bits per heavy atom. The predicted molar refractivity (Wildman–Crippen MR) is 153 cm³/mol. The van der Waals surface area contributed by atoms with Crippen molar-refractivity contribution in [2.45, 2.75) is 64.5 Å². The number of carbonyl (C=O) groups is 6. The molecule has 2 aliphatic heterocycles. The number of hydrogen-bond acceptors (Lipinski definition) is 9. The Morgan fingerprint density at radius 2 is 1.65 bits per heavy atom. The number of benzene rings is 1. The van der Waals surface area contributed by atoms with Crippen LogP contribution in [0.3, 0.4) is 0 Å². The van der Waals surface area contributed by atoms with Crippen molar-refractivity contribution >= 4 is 75.5 Å². The summed E-state index contributed by atoms with van der Waals surface area (Å²) in [6.45, 7) is 3.51. The molecule has 0 bridgehead atoms. The summed E-state index contributed by atoms with van der Waals surface area (Å²) in [5.41, 5.74) is 0.171. The molecule has 6 amide bonds. The molecule has 2 heterocycles. The van der Waals surface area contributed by atoms with Gasteiger partial charge in [-0.25, -0.2) is 9.10 Å². The number of amides is 6. The minimum atomic E-state index is -4.79. The first-order valence-corrected chi connectivity index (χ1v) is 15.1. The van der Waals surface area contributed by atoms with Gasteiger partial charge in [-0.1, -0.05) is 44.7 Å². The van der Waals surface area contributed by atoms with Gasteiger partial charge in [-0.2, -0.15) is 8.42 Å². The molecule has 0 radical (unpaired) electrons. The normalized spacial score (nSPS) is 17.5. The van der Waals surface area contributed by atoms with E-state index in [4.69, 9.17) is 9.29 Å². The zero-order chi connectivity index (χ0) is 31.0. The van der Waals surface area contributed by atoms with Gasteiger partial charge >= 0.3 is 63.7 Å². The molecular weight excluding hydrogens is 597 g/mol. The van der Waals surface area contributed by atoms with Crippen LogP contribution in [-0.2, 0) is 34.3 Å². The van der Waals surface area contributed by atoms with E-state index in [1.807, 2.05) is 0 Å². The number of likely N-dealkylation sites (N-methyl/N-ethyl adjacent to an activating group) is 1. The van der Waals surface area contributed by atoms with E-state index in [1.54, 1.807) is 6.92 Å². The number of ether oxygens (including phenoxy) is 1. The number of nitrogens with zero attached hydrogens (tertiary/aromatic N) is 3. The fourth-order valence-corrected chi connectivity index (χ4v) is 5.11. The molecule has 2 fully saturated rings. The van der Waals surface area contributed by atoms with Gasteiger partial charge < -0.3 is 20.3 Å². The number of carbonyl (C=O) groups excluding carboxylic acids is 6. The van der Waals surface area contributed by atoms with E-state index >= 15 is 0 Å². The first kappa shape index (κ1) is 36.1. The monoisotopic (exact) mass is 633 g/mol. The summed E-state index contributed by atoms with van der Waals surface area (Å²) in [5.74, 6) is -4.19. The Hall–Kier alpha value is -3.05. The second-order valence-corrected chi connectivity index (χ2v) is 11.2. The zero-order valence-corrected chi connectivity index (χ0v) is 24.2. The summed E-state index contributed by atoms with van der Waals surface area (Å²) in [7, 11) is -4.79. The first-order chi connectivity index (χ1) is 19.9. The van der Waals surface area contributed by atoms with Crippen LogP contribution >= 0.6 is 0 Å². The van der Waals surface area contributed by atoms with Crippen molar-refractivity contribution in [2.75, 3.05) is 26.2 Å². The zero-order valence-electron chi connectivity index (χ0n) is 23.4. The van der Waals surface area contributed by atoms with Crippen LogP contribution in [0.15, 0.2) is 24.3 Å². The molecule has 15 nitrogen and oxygen atoms in total. The Bertz CT molecular complexity index is 1320. The van der Waals surface area contributed by atoms with Crippen LogP contribution in [0.4, 0.5) is 4.79 Å². The molecule has 2 saturated heterocycles. The van der Waals surface area contributed by atoms with Gasteiger partial charge in [-0.3, -0.25) is 33.4 Å². The van der Waals surface area contributed by atoms with Crippen LogP contribution in [0.1, 0.15) is 64.0 Å². The van der Waals surface area contributed by atoms with E-state index in [9.17, 15) is 37.2 Å². The second-order valence-electron chi connectivity index (χ2n) is 9.84. The third-order valence-corrected chi connectivity index (χ3v) is 7.77. The van der Waals surface area contributed by atoms with Gasteiger partial charge in [-0.15, -0.1) is 0 Å². The fraction of sp³-hybridized carbons (Fsp3) is 0.538. The summed E-state index contributed by atoms with van der Waals surface area (Å²) in [6.07, 6.45) is 5.04. The van der Waals surface area contributed by atoms with Crippen LogP contribution in [0.2, 0.25) is 0 Å². The van der Waals surface area contributed by atoms with E-state index in [-0.39, 0.29) is 71.2 Å². The molecule has 0 aromatic heterocycles. The number of esters is 1. The molecule has 0 aliphatic carbocycles. The number of urea groups is 1. The van der Waals surface area contributed by atoms with E-state index in [0.29, 0.717) is 11.3 Å². The van der Waals surface area contributed by atoms with Crippen LogP contribution in [-0.4, -0.2) is 124 Å². The topological polar surface area (TPSA) is 200 Å². The molecule has 3 rings (SSSR count). The number of nitrogens with one attached hydrogen (secondary N) is 2. The Kier molecular flexibility index (Phi) is 13.6. The molecule has 1 aromatic carbocycles. The van der Waals surface area contributed by atoms with Crippen molar-refractivity contribution in [3.8, 4) is 5.75 Å². The summed E-state index contributed by atoms with van der Waals surface area (Å²) < 4.78 is 37.0. The molecule has 2 unspecified atom stereocenters. The summed E-state index contributed by atoms with van der Waals surface area (Å²) in [6, 6.07) is 1.75. The summed E-state index contributed by atoms with van der Waals surface area (Å²) in [5, 5.41) is 4.70. The number of hydrogen-bond donors (Lipinski definition) is 3. The van der Waals surface area contributed by atoms with Crippen LogP contribution in [0.5, 0.6) is 5.75 Å². The molecule has 2 aliphatic rings. The molecule has 3 N–H and O–H groups in total. The standard InChI is InChI=1S/C26H35N5O10S.Na.H/c1-3-5-6-7-8-9-20(32)41-18-12-10-17(11-13-18)21(22(33)27-19-16-31(23(19)34)42(38,39)40)28-26(37)30-15-14-29(4-2)24(35)25(30)36;;/h10-13,19,21H,3-9,14-16H2,1-2H3,(H,27,33)(H,28,37)(H,38,39,40);;. The van der Waals surface area contributed by atoms with E-state index in [2.05, 4.69) is 17.6 Å². The van der Waals surface area contributed by atoms with E-state index < -0.39 is 64.6 Å². The average molecular weight is 634 g/mol. The molecule has 43 heavy (non-hydrogen) atoms. The SMILES string of the molecule is CCCCCCCC(=O)Oc1ccc(C(NC(=O)N2CCN(CC)C(=O)C2=O)C(=O)NC2CN(S(=O)(=O)O)C2=O)cc1.[NaH]. The van der Waals surface area contributed by atoms with E-state index in [1.165, 1.54) is 29.2 Å². The van der Waals surface area contributed by atoms with Crippen molar-refractivity contribution in [3.05, 3.63) is 29.8 Å². The van der Waals surface area contributed by atoms with Crippen molar-refractivity contribution < 1.29 is 46.5 Å². The third kappa shape index (κ3) is 9.47. The van der Waals surface area contributed by atoms with Crippen LogP contribution in [0.25, 0.3) is 0 Å². The van der Waals surface area contributed by atoms with Gasteiger partial charge in [0.05, 0.1) is 6.54 Å². The van der Waals surface area contributed by atoms with Crippen molar-refractivity contribution in [2.24, 2.45) is 0 Å². The van der Waals surface area contributed by atoms with Gasteiger partial charge in [0.1, 0.15) is 17.8 Å². The number of piperazine rings is 1. The molecule has 1 aromatic rings. The molecule has 17 heteroatoms.